The maximum absolute atomic E-state index is 11.9. The molecule has 3 rings (SSSR count). The lowest BCUT2D eigenvalue weighted by atomic mass is 10.3. The topological polar surface area (TPSA) is 96.1 Å². The number of amides is 2. The van der Waals surface area contributed by atoms with Crippen LogP contribution < -0.4 is 10.6 Å². The van der Waals surface area contributed by atoms with Crippen LogP contribution in [0.15, 0.2) is 6.07 Å². The van der Waals surface area contributed by atoms with Crippen LogP contribution in [0.1, 0.15) is 21.0 Å². The second kappa shape index (κ2) is 4.09. The van der Waals surface area contributed by atoms with E-state index in [1.807, 2.05) is 0 Å². The number of nitrogens with one attached hydrogen (secondary N) is 3. The molecule has 0 radical (unpaired) electrons. The Balaban J connectivity index is 1.62. The monoisotopic (exact) mass is 250 g/mol. The third kappa shape index (κ3) is 1.76. The molecule has 1 aliphatic carbocycles. The maximum atomic E-state index is 11.9. The average molecular weight is 250 g/mol. The zero-order valence-electron chi connectivity index (χ0n) is 9.90. The summed E-state index contributed by atoms with van der Waals surface area (Å²) in [6.45, 7) is 1.44. The standard InChI is InChI=1S/C11H14N4O3/c1-12-10(16)7-2-8(15-14-7)11(17)13-9-5-3-18-4-6(5)9/h2,5-6,9H,3-4H2,1H3,(H,12,16)(H,13,17)(H,14,15)/t5-,6+,9?. The molecule has 0 spiro atoms. The number of nitrogens with zero attached hydrogens (tertiary/aromatic N) is 1. The molecule has 7 heteroatoms. The lowest BCUT2D eigenvalue weighted by molar-refractivity contribution is 0.0923. The molecule has 2 heterocycles. The van der Waals surface area contributed by atoms with E-state index in [4.69, 9.17) is 4.74 Å². The fraction of sp³-hybridized carbons (Fsp3) is 0.545. The molecule has 1 unspecified atom stereocenters. The van der Waals surface area contributed by atoms with Crippen LogP contribution in [0.5, 0.6) is 0 Å². The molecule has 3 atom stereocenters. The maximum Gasteiger partial charge on any atom is 0.272 e. The lowest BCUT2D eigenvalue weighted by Gasteiger charge is -2.05. The SMILES string of the molecule is CNC(=O)c1cc(C(=O)NC2[C@H]3COC[C@@H]23)n[nH]1. The van der Waals surface area contributed by atoms with Crippen molar-refractivity contribution in [1.82, 2.24) is 20.8 Å². The molecule has 2 aliphatic rings. The van der Waals surface area contributed by atoms with Gasteiger partial charge in [-0.15, -0.1) is 0 Å². The predicted octanol–water partition coefficient (Wildman–Crippen LogP) is -0.856. The largest absolute Gasteiger partial charge is 0.381 e. The van der Waals surface area contributed by atoms with Crippen LogP contribution in [0.4, 0.5) is 0 Å². The van der Waals surface area contributed by atoms with Crippen LogP contribution in [-0.2, 0) is 4.74 Å². The van der Waals surface area contributed by atoms with Crippen molar-refractivity contribution in [3.05, 3.63) is 17.5 Å². The van der Waals surface area contributed by atoms with Crippen molar-refractivity contribution in [2.75, 3.05) is 20.3 Å². The Morgan fingerprint density at radius 1 is 1.39 bits per heavy atom. The van der Waals surface area contributed by atoms with Crippen molar-refractivity contribution in [3.8, 4) is 0 Å². The molecule has 0 aromatic carbocycles. The van der Waals surface area contributed by atoms with Gasteiger partial charge in [0.1, 0.15) is 5.69 Å². The van der Waals surface area contributed by atoms with Crippen LogP contribution in [0, 0.1) is 11.8 Å². The summed E-state index contributed by atoms with van der Waals surface area (Å²) in [6, 6.07) is 1.65. The quantitative estimate of drug-likeness (QED) is 0.650. The molecule has 1 aliphatic heterocycles. The Kier molecular flexibility index (Phi) is 2.55. The minimum atomic E-state index is -0.293. The van der Waals surface area contributed by atoms with E-state index in [0.29, 0.717) is 11.8 Å². The van der Waals surface area contributed by atoms with Gasteiger partial charge < -0.3 is 15.4 Å². The van der Waals surface area contributed by atoms with E-state index in [0.717, 1.165) is 13.2 Å². The van der Waals surface area contributed by atoms with E-state index in [9.17, 15) is 9.59 Å². The number of fused-ring (bicyclic) bond motifs is 1. The normalized spacial score (nSPS) is 28.6. The average Bonchev–Trinajstić information content (AvgIpc) is 2.87. The van der Waals surface area contributed by atoms with Crippen molar-refractivity contribution in [1.29, 1.82) is 0 Å². The van der Waals surface area contributed by atoms with E-state index < -0.39 is 0 Å². The van der Waals surface area contributed by atoms with Crippen LogP contribution in [0.3, 0.4) is 0 Å². The predicted molar refractivity (Wildman–Crippen MR) is 61.0 cm³/mol. The Morgan fingerprint density at radius 3 is 2.78 bits per heavy atom. The van der Waals surface area contributed by atoms with Gasteiger partial charge >= 0.3 is 0 Å². The number of rotatable bonds is 3. The van der Waals surface area contributed by atoms with Gasteiger partial charge in [-0.1, -0.05) is 0 Å². The smallest absolute Gasteiger partial charge is 0.272 e. The number of carbonyl (C=O) groups is 2. The molecular formula is C11H14N4O3. The Hall–Kier alpha value is -1.89. The molecule has 18 heavy (non-hydrogen) atoms. The minimum absolute atomic E-state index is 0.200. The number of ether oxygens (including phenoxy) is 1. The first-order valence-corrected chi connectivity index (χ1v) is 5.87. The third-order valence-corrected chi connectivity index (χ3v) is 3.53. The molecule has 1 saturated carbocycles. The molecule has 7 nitrogen and oxygen atoms in total. The van der Waals surface area contributed by atoms with Gasteiger partial charge in [0.05, 0.1) is 13.2 Å². The minimum Gasteiger partial charge on any atom is -0.381 e. The Bertz CT molecular complexity index is 488. The van der Waals surface area contributed by atoms with Crippen molar-refractivity contribution in [2.45, 2.75) is 6.04 Å². The molecule has 1 aromatic rings. The number of aromatic nitrogens is 2. The zero-order chi connectivity index (χ0) is 12.7. The van der Waals surface area contributed by atoms with Gasteiger partial charge in [-0.25, -0.2) is 0 Å². The van der Waals surface area contributed by atoms with Crippen molar-refractivity contribution >= 4 is 11.8 Å². The molecule has 2 amide bonds. The van der Waals surface area contributed by atoms with E-state index in [2.05, 4.69) is 20.8 Å². The second-order valence-corrected chi connectivity index (χ2v) is 4.61. The van der Waals surface area contributed by atoms with Gasteiger partial charge in [0, 0.05) is 31.0 Å². The van der Waals surface area contributed by atoms with Crippen LogP contribution in [0.25, 0.3) is 0 Å². The summed E-state index contributed by atoms with van der Waals surface area (Å²) in [6.07, 6.45) is 0. The summed E-state index contributed by atoms with van der Waals surface area (Å²) in [7, 11) is 1.52. The number of hydrogen-bond acceptors (Lipinski definition) is 4. The van der Waals surface area contributed by atoms with Gasteiger partial charge in [-0.2, -0.15) is 5.10 Å². The fourth-order valence-corrected chi connectivity index (χ4v) is 2.37. The highest BCUT2D eigenvalue weighted by atomic mass is 16.5. The molecular weight excluding hydrogens is 236 g/mol. The van der Waals surface area contributed by atoms with Crippen molar-refractivity contribution in [2.24, 2.45) is 11.8 Å². The number of H-pyrrole nitrogens is 1. The Morgan fingerprint density at radius 2 is 2.11 bits per heavy atom. The fourth-order valence-electron chi connectivity index (χ4n) is 2.37. The number of carbonyl (C=O) groups excluding carboxylic acids is 2. The van der Waals surface area contributed by atoms with E-state index in [1.54, 1.807) is 0 Å². The summed E-state index contributed by atoms with van der Waals surface area (Å²) < 4.78 is 5.25. The summed E-state index contributed by atoms with van der Waals surface area (Å²) >= 11 is 0. The van der Waals surface area contributed by atoms with Crippen LogP contribution in [-0.4, -0.2) is 48.3 Å². The first-order chi connectivity index (χ1) is 8.70. The van der Waals surface area contributed by atoms with Gasteiger partial charge in [0.25, 0.3) is 11.8 Å². The summed E-state index contributed by atoms with van der Waals surface area (Å²) in [5.74, 6) is 0.358. The van der Waals surface area contributed by atoms with Crippen LogP contribution in [0.2, 0.25) is 0 Å². The van der Waals surface area contributed by atoms with Crippen LogP contribution >= 0.6 is 0 Å². The molecule has 2 fully saturated rings. The molecule has 96 valence electrons. The van der Waals surface area contributed by atoms with Gasteiger partial charge in [0.15, 0.2) is 5.69 Å². The van der Waals surface area contributed by atoms with Gasteiger partial charge in [-0.05, 0) is 0 Å². The molecule has 0 bridgehead atoms. The summed E-state index contributed by atoms with van der Waals surface area (Å²) in [5.41, 5.74) is 0.515. The summed E-state index contributed by atoms with van der Waals surface area (Å²) in [4.78, 5) is 23.2. The third-order valence-electron chi connectivity index (χ3n) is 3.53. The molecule has 1 aromatic heterocycles. The Labute approximate surface area is 103 Å². The molecule has 3 N–H and O–H groups in total. The van der Waals surface area contributed by atoms with Gasteiger partial charge in [0.2, 0.25) is 0 Å². The van der Waals surface area contributed by atoms with Crippen molar-refractivity contribution < 1.29 is 14.3 Å². The molecule has 1 saturated heterocycles. The van der Waals surface area contributed by atoms with E-state index >= 15 is 0 Å². The highest BCUT2D eigenvalue weighted by Gasteiger charge is 2.54. The van der Waals surface area contributed by atoms with Gasteiger partial charge in [-0.3, -0.25) is 14.7 Å². The van der Waals surface area contributed by atoms with Crippen molar-refractivity contribution in [3.63, 3.8) is 0 Å². The first-order valence-electron chi connectivity index (χ1n) is 5.87. The highest BCUT2D eigenvalue weighted by Crippen LogP contribution is 2.44. The zero-order valence-corrected chi connectivity index (χ0v) is 9.90. The number of aromatic amines is 1. The number of hydrogen-bond donors (Lipinski definition) is 3. The van der Waals surface area contributed by atoms with E-state index in [-0.39, 0.29) is 29.2 Å². The first kappa shape index (κ1) is 11.2. The highest BCUT2D eigenvalue weighted by molar-refractivity contribution is 5.97. The lowest BCUT2D eigenvalue weighted by Crippen LogP contribution is -2.30. The second-order valence-electron chi connectivity index (χ2n) is 4.61. The summed E-state index contributed by atoms with van der Waals surface area (Å²) in [5, 5.41) is 11.7. The van der Waals surface area contributed by atoms with E-state index in [1.165, 1.54) is 13.1 Å².